The summed E-state index contributed by atoms with van der Waals surface area (Å²) in [4.78, 5) is 4.47. The fourth-order valence-electron chi connectivity index (χ4n) is 2.25. The van der Waals surface area contributed by atoms with Crippen molar-refractivity contribution in [2.75, 3.05) is 63.2 Å². The fraction of sp³-hybridized carbons (Fsp3) is 0.933. The molecule has 0 aromatic rings. The molecule has 1 aliphatic heterocycles. The highest BCUT2D eigenvalue weighted by molar-refractivity contribution is 7.99. The van der Waals surface area contributed by atoms with Gasteiger partial charge in [0.05, 0.1) is 5.75 Å². The Bertz CT molecular complexity index is 452. The SMILES string of the molecule is CCNC(=NCCCCOCC)NCCS(=O)(=O)N1CCSCC1. The normalized spacial score (nSPS) is 17.0. The topological polar surface area (TPSA) is 83.0 Å². The van der Waals surface area contributed by atoms with Crippen LogP contribution in [0.4, 0.5) is 0 Å². The van der Waals surface area contributed by atoms with E-state index in [9.17, 15) is 8.42 Å². The van der Waals surface area contributed by atoms with Gasteiger partial charge in [-0.15, -0.1) is 0 Å². The summed E-state index contributed by atoms with van der Waals surface area (Å²) in [5, 5.41) is 6.26. The maximum absolute atomic E-state index is 12.3. The fourth-order valence-corrected chi connectivity index (χ4v) is 4.74. The van der Waals surface area contributed by atoms with E-state index in [1.807, 2.05) is 13.8 Å². The smallest absolute Gasteiger partial charge is 0.215 e. The first-order valence-corrected chi connectivity index (χ1v) is 11.5. The molecule has 0 saturated carbocycles. The van der Waals surface area contributed by atoms with E-state index in [-0.39, 0.29) is 5.75 Å². The molecule has 0 radical (unpaired) electrons. The number of unbranched alkanes of at least 4 members (excludes halogenated alkanes) is 1. The van der Waals surface area contributed by atoms with Gasteiger partial charge in [0, 0.05) is 57.4 Å². The number of aliphatic imine (C=N–C) groups is 1. The molecule has 24 heavy (non-hydrogen) atoms. The predicted octanol–water partition coefficient (Wildman–Crippen LogP) is 0.737. The highest BCUT2D eigenvalue weighted by Gasteiger charge is 2.23. The third-order valence-corrected chi connectivity index (χ3v) is 6.35. The second kappa shape index (κ2) is 12.8. The predicted molar refractivity (Wildman–Crippen MR) is 102 cm³/mol. The molecule has 0 unspecified atom stereocenters. The first kappa shape index (κ1) is 21.5. The van der Waals surface area contributed by atoms with Gasteiger partial charge in [0.25, 0.3) is 0 Å². The van der Waals surface area contributed by atoms with Gasteiger partial charge < -0.3 is 15.4 Å². The standard InChI is InChI=1S/C15H32N4O3S2/c1-3-16-15(17-7-5-6-11-22-4-2)18-8-14-24(20,21)19-9-12-23-13-10-19/h3-14H2,1-2H3,(H2,16,17,18). The van der Waals surface area contributed by atoms with Gasteiger partial charge in [0.2, 0.25) is 10.0 Å². The largest absolute Gasteiger partial charge is 0.382 e. The lowest BCUT2D eigenvalue weighted by molar-refractivity contribution is 0.144. The van der Waals surface area contributed by atoms with Gasteiger partial charge in [0.15, 0.2) is 5.96 Å². The molecule has 1 aliphatic rings. The lowest BCUT2D eigenvalue weighted by Crippen LogP contribution is -2.44. The molecule has 0 aromatic carbocycles. The minimum Gasteiger partial charge on any atom is -0.382 e. The highest BCUT2D eigenvalue weighted by atomic mass is 32.2. The van der Waals surface area contributed by atoms with E-state index in [1.165, 1.54) is 0 Å². The molecule has 1 fully saturated rings. The molecule has 0 spiro atoms. The third kappa shape index (κ3) is 9.10. The summed E-state index contributed by atoms with van der Waals surface area (Å²) in [6, 6.07) is 0. The lowest BCUT2D eigenvalue weighted by Gasteiger charge is -2.25. The number of guanidine groups is 1. The van der Waals surface area contributed by atoms with Crippen LogP contribution in [0.3, 0.4) is 0 Å². The number of nitrogens with one attached hydrogen (secondary N) is 2. The van der Waals surface area contributed by atoms with Gasteiger partial charge in [-0.25, -0.2) is 12.7 Å². The van der Waals surface area contributed by atoms with Crippen LogP contribution >= 0.6 is 11.8 Å². The number of hydrogen-bond donors (Lipinski definition) is 2. The quantitative estimate of drug-likeness (QED) is 0.312. The number of thioether (sulfide) groups is 1. The summed E-state index contributed by atoms with van der Waals surface area (Å²) >= 11 is 1.81. The van der Waals surface area contributed by atoms with Crippen molar-refractivity contribution < 1.29 is 13.2 Å². The third-order valence-electron chi connectivity index (χ3n) is 3.53. The van der Waals surface area contributed by atoms with Crippen LogP contribution in [0.25, 0.3) is 0 Å². The van der Waals surface area contributed by atoms with Gasteiger partial charge in [-0.3, -0.25) is 4.99 Å². The maximum Gasteiger partial charge on any atom is 0.215 e. The summed E-state index contributed by atoms with van der Waals surface area (Å²) in [6.07, 6.45) is 1.94. The molecule has 1 saturated heterocycles. The van der Waals surface area contributed by atoms with Crippen LogP contribution in [-0.4, -0.2) is 81.9 Å². The number of hydrogen-bond acceptors (Lipinski definition) is 5. The van der Waals surface area contributed by atoms with E-state index in [2.05, 4.69) is 15.6 Å². The Morgan fingerprint density at radius 1 is 1.21 bits per heavy atom. The van der Waals surface area contributed by atoms with Crippen LogP contribution in [0.1, 0.15) is 26.7 Å². The number of nitrogens with zero attached hydrogens (tertiary/aromatic N) is 2. The Hall–Kier alpha value is -0.510. The van der Waals surface area contributed by atoms with E-state index < -0.39 is 10.0 Å². The highest BCUT2D eigenvalue weighted by Crippen LogP contribution is 2.12. The van der Waals surface area contributed by atoms with Crippen LogP contribution in [-0.2, 0) is 14.8 Å². The van der Waals surface area contributed by atoms with E-state index in [0.717, 1.165) is 44.1 Å². The zero-order valence-corrected chi connectivity index (χ0v) is 16.6. The average molecular weight is 381 g/mol. The number of sulfonamides is 1. The van der Waals surface area contributed by atoms with Crippen LogP contribution in [0, 0.1) is 0 Å². The monoisotopic (exact) mass is 380 g/mol. The van der Waals surface area contributed by atoms with Crippen LogP contribution in [0.2, 0.25) is 0 Å². The van der Waals surface area contributed by atoms with Crippen molar-refractivity contribution in [3.8, 4) is 0 Å². The molecule has 0 aliphatic carbocycles. The average Bonchev–Trinajstić information content (AvgIpc) is 2.58. The van der Waals surface area contributed by atoms with Crippen molar-refractivity contribution in [2.24, 2.45) is 4.99 Å². The second-order valence-corrected chi connectivity index (χ2v) is 8.73. The van der Waals surface area contributed by atoms with Gasteiger partial charge in [-0.1, -0.05) is 0 Å². The number of rotatable bonds is 11. The van der Waals surface area contributed by atoms with Crippen molar-refractivity contribution >= 4 is 27.7 Å². The van der Waals surface area contributed by atoms with E-state index in [0.29, 0.717) is 32.1 Å². The Morgan fingerprint density at radius 2 is 1.96 bits per heavy atom. The van der Waals surface area contributed by atoms with Crippen molar-refractivity contribution in [1.29, 1.82) is 0 Å². The van der Waals surface area contributed by atoms with Crippen LogP contribution < -0.4 is 10.6 Å². The van der Waals surface area contributed by atoms with Gasteiger partial charge in [-0.2, -0.15) is 11.8 Å². The summed E-state index contributed by atoms with van der Waals surface area (Å²) in [6.45, 7) is 8.58. The number of ether oxygens (including phenoxy) is 1. The summed E-state index contributed by atoms with van der Waals surface area (Å²) in [7, 11) is -3.17. The van der Waals surface area contributed by atoms with Crippen LogP contribution in [0.5, 0.6) is 0 Å². The Balaban J connectivity index is 2.31. The van der Waals surface area contributed by atoms with Crippen molar-refractivity contribution in [2.45, 2.75) is 26.7 Å². The molecule has 0 bridgehead atoms. The molecular formula is C15H32N4O3S2. The van der Waals surface area contributed by atoms with Gasteiger partial charge >= 0.3 is 0 Å². The molecule has 1 rings (SSSR count). The first-order valence-electron chi connectivity index (χ1n) is 8.75. The van der Waals surface area contributed by atoms with Crippen LogP contribution in [0.15, 0.2) is 4.99 Å². The second-order valence-electron chi connectivity index (χ2n) is 5.42. The molecule has 0 atom stereocenters. The summed E-state index contributed by atoms with van der Waals surface area (Å²) in [5.41, 5.74) is 0. The molecule has 142 valence electrons. The minimum atomic E-state index is -3.17. The Morgan fingerprint density at radius 3 is 2.62 bits per heavy atom. The minimum absolute atomic E-state index is 0.104. The molecule has 7 nitrogen and oxygen atoms in total. The van der Waals surface area contributed by atoms with Crippen molar-refractivity contribution in [3.63, 3.8) is 0 Å². The van der Waals surface area contributed by atoms with E-state index in [1.54, 1.807) is 16.1 Å². The van der Waals surface area contributed by atoms with Crippen molar-refractivity contribution in [1.82, 2.24) is 14.9 Å². The Labute approximate surface area is 151 Å². The zero-order chi connectivity index (χ0) is 17.7. The molecular weight excluding hydrogens is 348 g/mol. The maximum atomic E-state index is 12.3. The molecule has 1 heterocycles. The van der Waals surface area contributed by atoms with E-state index in [4.69, 9.17) is 4.74 Å². The summed E-state index contributed by atoms with van der Waals surface area (Å²) < 4.78 is 31.5. The Kier molecular flexibility index (Phi) is 11.5. The first-order chi connectivity index (χ1) is 11.6. The molecule has 2 N–H and O–H groups in total. The van der Waals surface area contributed by atoms with Crippen molar-refractivity contribution in [3.05, 3.63) is 0 Å². The van der Waals surface area contributed by atoms with Gasteiger partial charge in [0.1, 0.15) is 0 Å². The lowest BCUT2D eigenvalue weighted by atomic mass is 10.3. The molecule has 0 aromatic heterocycles. The molecule has 0 amide bonds. The zero-order valence-electron chi connectivity index (χ0n) is 14.9. The van der Waals surface area contributed by atoms with E-state index >= 15 is 0 Å². The molecule has 9 heteroatoms. The summed E-state index contributed by atoms with van der Waals surface area (Å²) in [5.74, 6) is 2.56. The van der Waals surface area contributed by atoms with Gasteiger partial charge in [-0.05, 0) is 26.7 Å².